The molecule has 3 fully saturated rings. The maximum Gasteiger partial charge on any atom is 0.258 e. The zero-order valence-electron chi connectivity index (χ0n) is 23.5. The van der Waals surface area contributed by atoms with Crippen molar-refractivity contribution in [3.8, 4) is 11.5 Å². The highest BCUT2D eigenvalue weighted by Crippen LogP contribution is 2.66. The number of likely N-dealkylation sites (tertiary alicyclic amines) is 1. The standard InChI is InChI=1S/C30H23Cl2F5N2O6/c1-3-8-38-25(41)13-6-5-12-14(17(13)26(38)42)10-29(31)27(43)39(24-22(36)20(34)19(33)21(35)23(24)37)28(44)30(29,32)18(12)11-4-7-15(40)16(9-11)45-2/h4-5,7,9,13-14,17-18,40H,3,6,8,10H2,1-2H3/t13-,14+,17-,18-,29+,30-/m0/s1. The number of aromatic hydroxyl groups is 1. The molecule has 2 saturated heterocycles. The number of carbonyl (C=O) groups is 4. The Labute approximate surface area is 262 Å². The van der Waals surface area contributed by atoms with E-state index in [1.165, 1.54) is 25.3 Å². The van der Waals surface area contributed by atoms with Crippen molar-refractivity contribution in [2.75, 3.05) is 18.6 Å². The lowest BCUT2D eigenvalue weighted by Crippen LogP contribution is -2.60. The molecule has 6 rings (SSSR count). The van der Waals surface area contributed by atoms with E-state index in [0.717, 1.165) is 4.90 Å². The first-order chi connectivity index (χ1) is 21.2. The van der Waals surface area contributed by atoms with Crippen molar-refractivity contribution in [3.05, 3.63) is 64.5 Å². The molecule has 0 radical (unpaired) electrons. The number of fused-ring (bicyclic) bond motifs is 4. The van der Waals surface area contributed by atoms with Gasteiger partial charge in [-0.25, -0.2) is 26.9 Å². The number of phenols is 1. The number of carbonyl (C=O) groups excluding carboxylic acids is 4. The number of anilines is 1. The molecule has 0 unspecified atom stereocenters. The van der Waals surface area contributed by atoms with Gasteiger partial charge in [0.05, 0.1) is 18.9 Å². The zero-order valence-corrected chi connectivity index (χ0v) is 25.0. The quantitative estimate of drug-likeness (QED) is 0.119. The highest BCUT2D eigenvalue weighted by molar-refractivity contribution is 6.58. The van der Waals surface area contributed by atoms with Crippen LogP contribution in [0.5, 0.6) is 11.5 Å². The molecule has 1 N–H and O–H groups in total. The van der Waals surface area contributed by atoms with Crippen LogP contribution in [0.2, 0.25) is 0 Å². The lowest BCUT2D eigenvalue weighted by atomic mass is 9.56. The molecule has 1 saturated carbocycles. The number of hydrogen-bond acceptors (Lipinski definition) is 6. The minimum Gasteiger partial charge on any atom is -0.504 e. The van der Waals surface area contributed by atoms with E-state index in [1.807, 2.05) is 0 Å². The highest BCUT2D eigenvalue weighted by atomic mass is 35.5. The van der Waals surface area contributed by atoms with Crippen LogP contribution in [0.15, 0.2) is 29.8 Å². The van der Waals surface area contributed by atoms with Gasteiger partial charge in [-0.3, -0.25) is 24.1 Å². The van der Waals surface area contributed by atoms with Gasteiger partial charge in [0.1, 0.15) is 5.69 Å². The Morgan fingerprint density at radius 2 is 1.56 bits per heavy atom. The molecular weight excluding hydrogens is 650 g/mol. The van der Waals surface area contributed by atoms with Crippen molar-refractivity contribution >= 4 is 52.5 Å². The van der Waals surface area contributed by atoms with Crippen molar-refractivity contribution in [1.29, 1.82) is 0 Å². The van der Waals surface area contributed by atoms with E-state index < -0.39 is 98.2 Å². The van der Waals surface area contributed by atoms with Crippen LogP contribution < -0.4 is 9.64 Å². The molecular formula is C30H23Cl2F5N2O6. The first-order valence-electron chi connectivity index (χ1n) is 13.9. The van der Waals surface area contributed by atoms with E-state index >= 15 is 8.78 Å². The van der Waals surface area contributed by atoms with Gasteiger partial charge < -0.3 is 9.84 Å². The molecule has 2 aromatic rings. The van der Waals surface area contributed by atoms with Crippen LogP contribution in [-0.4, -0.2) is 57.0 Å². The van der Waals surface area contributed by atoms with E-state index in [9.17, 15) is 37.5 Å². The van der Waals surface area contributed by atoms with Crippen molar-refractivity contribution in [3.63, 3.8) is 0 Å². The molecule has 6 atom stereocenters. The second-order valence-corrected chi connectivity index (χ2v) is 12.7. The molecule has 4 amide bonds. The second-order valence-electron chi connectivity index (χ2n) is 11.5. The van der Waals surface area contributed by atoms with E-state index in [0.29, 0.717) is 12.0 Å². The Balaban J connectivity index is 1.60. The fourth-order valence-corrected chi connectivity index (χ4v) is 8.26. The van der Waals surface area contributed by atoms with Gasteiger partial charge >= 0.3 is 0 Å². The number of alkyl halides is 2. The Bertz CT molecular complexity index is 1730. The van der Waals surface area contributed by atoms with Crippen LogP contribution in [0.4, 0.5) is 27.6 Å². The normalized spacial score (nSPS) is 30.8. The molecule has 8 nitrogen and oxygen atoms in total. The number of nitrogens with zero attached hydrogens (tertiary/aromatic N) is 2. The predicted molar refractivity (Wildman–Crippen MR) is 148 cm³/mol. The number of ether oxygens (including phenoxy) is 1. The van der Waals surface area contributed by atoms with Gasteiger partial charge in [-0.2, -0.15) is 0 Å². The van der Waals surface area contributed by atoms with E-state index in [4.69, 9.17) is 27.9 Å². The van der Waals surface area contributed by atoms with E-state index in [2.05, 4.69) is 0 Å². The number of halogens is 7. The molecule has 45 heavy (non-hydrogen) atoms. The number of benzene rings is 2. The SMILES string of the molecule is CCCN1C(=O)[C@H]2[C@H](CC=C3[C@H]2C[C@@]2(Cl)C(=O)N(c4c(F)c(F)c(F)c(F)c4F)C(=O)[C@@]2(Cl)[C@H]3c2ccc(O)c(OC)c2)C1=O. The summed E-state index contributed by atoms with van der Waals surface area (Å²) in [5.41, 5.74) is -1.44. The molecule has 0 aromatic heterocycles. The number of allylic oxidation sites excluding steroid dienone is 2. The number of imide groups is 2. The second kappa shape index (κ2) is 10.4. The lowest BCUT2D eigenvalue weighted by molar-refractivity contribution is -0.140. The fourth-order valence-electron chi connectivity index (χ4n) is 7.32. The zero-order chi connectivity index (χ0) is 32.9. The van der Waals surface area contributed by atoms with Gasteiger partial charge in [0, 0.05) is 12.5 Å². The average molecular weight is 673 g/mol. The van der Waals surface area contributed by atoms with E-state index in [1.54, 1.807) is 13.0 Å². The summed E-state index contributed by atoms with van der Waals surface area (Å²) >= 11 is 14.1. The number of phenolic OH excluding ortho intramolecular Hbond substituents is 1. The Morgan fingerprint density at radius 3 is 2.16 bits per heavy atom. The molecule has 0 spiro atoms. The minimum absolute atomic E-state index is 0.0404. The summed E-state index contributed by atoms with van der Waals surface area (Å²) in [6, 6.07) is 3.79. The number of amides is 4. The summed E-state index contributed by atoms with van der Waals surface area (Å²) < 4.78 is 77.9. The molecule has 2 heterocycles. The van der Waals surface area contributed by atoms with Gasteiger partial charge in [-0.1, -0.05) is 24.6 Å². The lowest BCUT2D eigenvalue weighted by Gasteiger charge is -2.50. The Kier molecular flexibility index (Phi) is 7.24. The van der Waals surface area contributed by atoms with Gasteiger partial charge in [-0.15, -0.1) is 23.2 Å². The van der Waals surface area contributed by atoms with Crippen molar-refractivity contribution in [1.82, 2.24) is 4.90 Å². The number of rotatable bonds is 5. The first kappa shape index (κ1) is 31.3. The molecule has 2 aliphatic carbocycles. The third-order valence-electron chi connectivity index (χ3n) is 9.30. The monoisotopic (exact) mass is 672 g/mol. The minimum atomic E-state index is -2.65. The van der Waals surface area contributed by atoms with Crippen LogP contribution in [0.25, 0.3) is 0 Å². The van der Waals surface area contributed by atoms with Crippen LogP contribution in [0.1, 0.15) is 37.7 Å². The van der Waals surface area contributed by atoms with E-state index in [-0.39, 0.29) is 34.9 Å². The maximum absolute atomic E-state index is 15.1. The summed E-state index contributed by atoms with van der Waals surface area (Å²) in [4.78, 5) is 50.8. The van der Waals surface area contributed by atoms with Gasteiger partial charge in [0.2, 0.25) is 17.6 Å². The van der Waals surface area contributed by atoms with Crippen molar-refractivity contribution in [2.45, 2.75) is 41.9 Å². The first-order valence-corrected chi connectivity index (χ1v) is 14.6. The summed E-state index contributed by atoms with van der Waals surface area (Å²) in [7, 11) is 1.23. The van der Waals surface area contributed by atoms with Crippen LogP contribution in [-0.2, 0) is 19.2 Å². The van der Waals surface area contributed by atoms with Gasteiger partial charge in [0.25, 0.3) is 11.8 Å². The number of hydrogen-bond donors (Lipinski definition) is 1. The molecule has 2 aromatic carbocycles. The summed E-state index contributed by atoms with van der Waals surface area (Å²) in [6.07, 6.45) is 1.51. The molecule has 238 valence electrons. The molecule has 2 aliphatic heterocycles. The fraction of sp³-hybridized carbons (Fsp3) is 0.400. The topological polar surface area (TPSA) is 104 Å². The van der Waals surface area contributed by atoms with Gasteiger partial charge in [-0.05, 0) is 42.9 Å². The molecule has 0 bridgehead atoms. The van der Waals surface area contributed by atoms with Crippen LogP contribution >= 0.6 is 23.2 Å². The third-order valence-corrected chi connectivity index (χ3v) is 10.7. The van der Waals surface area contributed by atoms with Gasteiger partial charge in [0.15, 0.2) is 44.5 Å². The smallest absolute Gasteiger partial charge is 0.258 e. The van der Waals surface area contributed by atoms with Crippen LogP contribution in [0.3, 0.4) is 0 Å². The summed E-state index contributed by atoms with van der Waals surface area (Å²) in [6.45, 7) is 1.90. The summed E-state index contributed by atoms with van der Waals surface area (Å²) in [5.74, 6) is -21.2. The Hall–Kier alpha value is -3.71. The largest absolute Gasteiger partial charge is 0.504 e. The average Bonchev–Trinajstić information content (AvgIpc) is 3.34. The summed E-state index contributed by atoms with van der Waals surface area (Å²) in [5, 5.41) is 10.3. The number of methoxy groups -OCH3 is 1. The molecule has 15 heteroatoms. The van der Waals surface area contributed by atoms with Crippen LogP contribution in [0, 0.1) is 46.8 Å². The third kappa shape index (κ3) is 3.89. The maximum atomic E-state index is 15.1. The Morgan fingerprint density at radius 1 is 0.933 bits per heavy atom. The van der Waals surface area contributed by atoms with Crippen molar-refractivity contribution < 1.29 is 51.0 Å². The highest BCUT2D eigenvalue weighted by Gasteiger charge is 2.77. The predicted octanol–water partition coefficient (Wildman–Crippen LogP) is 5.07. The van der Waals surface area contributed by atoms with Crippen molar-refractivity contribution in [2.24, 2.45) is 17.8 Å². The molecule has 4 aliphatic rings.